The zero-order chi connectivity index (χ0) is 21.3. The van der Waals surface area contributed by atoms with Crippen molar-refractivity contribution in [2.24, 2.45) is 0 Å². The van der Waals surface area contributed by atoms with E-state index in [9.17, 15) is 0 Å². The fraction of sp³-hybridized carbons (Fsp3) is 0.208. The SMILES string of the molecule is c1cnc2cc(Cn3nnc4ccc(-c5ccc(N6CCOCC6)nc5)nc43)ccc2c1. The van der Waals surface area contributed by atoms with Crippen molar-refractivity contribution in [1.82, 2.24) is 29.9 Å². The van der Waals surface area contributed by atoms with E-state index in [0.29, 0.717) is 6.54 Å². The lowest BCUT2D eigenvalue weighted by atomic mass is 10.1. The van der Waals surface area contributed by atoms with Gasteiger partial charge in [-0.25, -0.2) is 14.6 Å². The minimum atomic E-state index is 0.577. The topological polar surface area (TPSA) is 81.9 Å². The van der Waals surface area contributed by atoms with Gasteiger partial charge in [-0.15, -0.1) is 5.10 Å². The first-order chi connectivity index (χ1) is 15.8. The van der Waals surface area contributed by atoms with E-state index in [1.54, 1.807) is 0 Å². The fourth-order valence-electron chi connectivity index (χ4n) is 4.02. The normalized spacial score (nSPS) is 14.3. The van der Waals surface area contributed by atoms with Crippen molar-refractivity contribution in [2.45, 2.75) is 6.54 Å². The molecule has 1 aliphatic heterocycles. The van der Waals surface area contributed by atoms with E-state index in [0.717, 1.165) is 71.0 Å². The third-order valence-corrected chi connectivity index (χ3v) is 5.74. The molecule has 0 aliphatic carbocycles. The van der Waals surface area contributed by atoms with Crippen molar-refractivity contribution in [2.75, 3.05) is 31.2 Å². The molecule has 0 unspecified atom stereocenters. The van der Waals surface area contributed by atoms with Gasteiger partial charge in [0.25, 0.3) is 0 Å². The average molecular weight is 423 g/mol. The average Bonchev–Trinajstić information content (AvgIpc) is 3.26. The first-order valence-electron chi connectivity index (χ1n) is 10.7. The van der Waals surface area contributed by atoms with Gasteiger partial charge in [-0.05, 0) is 42.0 Å². The van der Waals surface area contributed by atoms with Gasteiger partial charge < -0.3 is 9.64 Å². The lowest BCUT2D eigenvalue weighted by molar-refractivity contribution is 0.122. The summed E-state index contributed by atoms with van der Waals surface area (Å²) in [5, 5.41) is 9.74. The third-order valence-electron chi connectivity index (χ3n) is 5.74. The minimum absolute atomic E-state index is 0.577. The molecule has 0 radical (unpaired) electrons. The van der Waals surface area contributed by atoms with Crippen LogP contribution in [0.2, 0.25) is 0 Å². The van der Waals surface area contributed by atoms with Crippen LogP contribution in [-0.2, 0) is 11.3 Å². The van der Waals surface area contributed by atoms with Gasteiger partial charge in [-0.1, -0.05) is 23.4 Å². The number of hydrogen-bond acceptors (Lipinski definition) is 7. The quantitative estimate of drug-likeness (QED) is 0.439. The molecule has 5 aromatic rings. The van der Waals surface area contributed by atoms with Gasteiger partial charge in [0.15, 0.2) is 5.65 Å². The van der Waals surface area contributed by atoms with Gasteiger partial charge in [0.2, 0.25) is 0 Å². The molecule has 0 spiro atoms. The lowest BCUT2D eigenvalue weighted by Gasteiger charge is -2.27. The maximum Gasteiger partial charge on any atom is 0.179 e. The van der Waals surface area contributed by atoms with Crippen LogP contribution < -0.4 is 4.90 Å². The summed E-state index contributed by atoms with van der Waals surface area (Å²) in [7, 11) is 0. The van der Waals surface area contributed by atoms with Crippen molar-refractivity contribution in [3.05, 3.63) is 72.6 Å². The summed E-state index contributed by atoms with van der Waals surface area (Å²) >= 11 is 0. The van der Waals surface area contributed by atoms with E-state index in [1.807, 2.05) is 41.3 Å². The Morgan fingerprint density at radius 2 is 1.84 bits per heavy atom. The standard InChI is InChI=1S/C24H21N7O/c1-2-18-4-3-17(14-22(18)25-9-1)16-31-24-21(28-29-31)7-6-20(27-24)19-5-8-23(26-15-19)30-10-12-32-13-11-30/h1-9,14-15H,10-13,16H2. The van der Waals surface area contributed by atoms with Gasteiger partial charge >= 0.3 is 0 Å². The van der Waals surface area contributed by atoms with Crippen LogP contribution in [0.3, 0.4) is 0 Å². The molecule has 4 aromatic heterocycles. The second-order valence-corrected chi connectivity index (χ2v) is 7.82. The molecule has 0 bridgehead atoms. The van der Waals surface area contributed by atoms with Gasteiger partial charge in [-0.2, -0.15) is 0 Å². The Balaban J connectivity index is 1.29. The molecular weight excluding hydrogens is 402 g/mol. The van der Waals surface area contributed by atoms with E-state index in [2.05, 4.69) is 55.5 Å². The van der Waals surface area contributed by atoms with E-state index >= 15 is 0 Å². The number of rotatable bonds is 4. The van der Waals surface area contributed by atoms with Crippen LogP contribution in [0.15, 0.2) is 67.0 Å². The molecule has 32 heavy (non-hydrogen) atoms. The first kappa shape index (κ1) is 18.8. The van der Waals surface area contributed by atoms with Crippen LogP contribution in [0.1, 0.15) is 5.56 Å². The van der Waals surface area contributed by atoms with Gasteiger partial charge in [0.05, 0.1) is 31.0 Å². The van der Waals surface area contributed by atoms with E-state index in [1.165, 1.54) is 0 Å². The Kier molecular flexibility index (Phi) is 4.69. The van der Waals surface area contributed by atoms with Gasteiger partial charge in [0, 0.05) is 36.4 Å². The van der Waals surface area contributed by atoms with Crippen LogP contribution in [0.25, 0.3) is 33.3 Å². The lowest BCUT2D eigenvalue weighted by Crippen LogP contribution is -2.36. The summed E-state index contributed by atoms with van der Waals surface area (Å²) in [6.07, 6.45) is 3.69. The van der Waals surface area contributed by atoms with Crippen molar-refractivity contribution in [3.63, 3.8) is 0 Å². The molecule has 8 heteroatoms. The number of fused-ring (bicyclic) bond motifs is 2. The molecule has 8 nitrogen and oxygen atoms in total. The number of benzene rings is 1. The Labute approximate surface area is 184 Å². The number of nitrogens with zero attached hydrogens (tertiary/aromatic N) is 7. The monoisotopic (exact) mass is 423 g/mol. The molecule has 1 aromatic carbocycles. The van der Waals surface area contributed by atoms with Crippen molar-refractivity contribution in [3.8, 4) is 11.3 Å². The number of anilines is 1. The van der Waals surface area contributed by atoms with Crippen LogP contribution in [0.4, 0.5) is 5.82 Å². The molecule has 6 rings (SSSR count). The van der Waals surface area contributed by atoms with E-state index in [-0.39, 0.29) is 0 Å². The Bertz CT molecular complexity index is 1390. The number of pyridine rings is 3. The highest BCUT2D eigenvalue weighted by Gasteiger charge is 2.13. The molecule has 1 aliphatic rings. The second-order valence-electron chi connectivity index (χ2n) is 7.82. The smallest absolute Gasteiger partial charge is 0.179 e. The highest BCUT2D eigenvalue weighted by Crippen LogP contribution is 2.23. The van der Waals surface area contributed by atoms with Gasteiger partial charge in [-0.3, -0.25) is 4.98 Å². The molecule has 1 fully saturated rings. The fourth-order valence-corrected chi connectivity index (χ4v) is 4.02. The first-order valence-corrected chi connectivity index (χ1v) is 10.7. The number of hydrogen-bond donors (Lipinski definition) is 0. The van der Waals surface area contributed by atoms with Crippen LogP contribution in [0.5, 0.6) is 0 Å². The minimum Gasteiger partial charge on any atom is -0.378 e. The van der Waals surface area contributed by atoms with E-state index in [4.69, 9.17) is 9.72 Å². The maximum atomic E-state index is 5.43. The molecule has 158 valence electrons. The summed E-state index contributed by atoms with van der Waals surface area (Å²) in [4.78, 5) is 16.2. The summed E-state index contributed by atoms with van der Waals surface area (Å²) in [5.41, 5.74) is 5.40. The Morgan fingerprint density at radius 1 is 0.906 bits per heavy atom. The van der Waals surface area contributed by atoms with Crippen LogP contribution in [0, 0.1) is 0 Å². The van der Waals surface area contributed by atoms with Crippen LogP contribution in [-0.4, -0.2) is 56.2 Å². The van der Waals surface area contributed by atoms with E-state index < -0.39 is 0 Å². The molecule has 1 saturated heterocycles. The number of ether oxygens (including phenoxy) is 1. The Morgan fingerprint density at radius 3 is 2.72 bits per heavy atom. The Hall–Kier alpha value is -3.91. The molecule has 0 saturated carbocycles. The number of aromatic nitrogens is 6. The second kappa shape index (κ2) is 7.97. The molecule has 5 heterocycles. The number of morpholine rings is 1. The molecule has 0 N–H and O–H groups in total. The molecular formula is C24H21N7O. The van der Waals surface area contributed by atoms with Crippen LogP contribution >= 0.6 is 0 Å². The maximum absolute atomic E-state index is 5.43. The molecule has 0 atom stereocenters. The summed E-state index contributed by atoms with van der Waals surface area (Å²) < 4.78 is 7.26. The van der Waals surface area contributed by atoms with Crippen molar-refractivity contribution < 1.29 is 4.74 Å². The highest BCUT2D eigenvalue weighted by atomic mass is 16.5. The van der Waals surface area contributed by atoms with Crippen molar-refractivity contribution in [1.29, 1.82) is 0 Å². The third kappa shape index (κ3) is 3.54. The summed E-state index contributed by atoms with van der Waals surface area (Å²) in [6, 6.07) is 18.3. The van der Waals surface area contributed by atoms with Gasteiger partial charge in [0.1, 0.15) is 11.3 Å². The highest BCUT2D eigenvalue weighted by molar-refractivity contribution is 5.79. The largest absolute Gasteiger partial charge is 0.378 e. The van der Waals surface area contributed by atoms with Crippen molar-refractivity contribution >= 4 is 27.9 Å². The predicted molar refractivity (Wildman–Crippen MR) is 122 cm³/mol. The zero-order valence-corrected chi connectivity index (χ0v) is 17.4. The summed E-state index contributed by atoms with van der Waals surface area (Å²) in [5.74, 6) is 0.967. The zero-order valence-electron chi connectivity index (χ0n) is 17.4. The summed E-state index contributed by atoms with van der Waals surface area (Å²) in [6.45, 7) is 3.79. The predicted octanol–water partition coefficient (Wildman–Crippen LogP) is 3.32. The molecule has 0 amide bonds.